The van der Waals surface area contributed by atoms with Crippen molar-refractivity contribution in [1.29, 1.82) is 0 Å². The smallest absolute Gasteiger partial charge is 0.149 e. The SMILES string of the molecule is CC(=O)C1CCCCC(C(=O)CN2CCc3ccccc3C2c2ccccc2)CCC1. The third-order valence-corrected chi connectivity index (χ3v) is 7.35. The average Bonchev–Trinajstić information content (AvgIpc) is 2.92. The minimum absolute atomic E-state index is 0.138. The molecule has 1 saturated carbocycles. The normalized spacial score (nSPS) is 25.0. The summed E-state index contributed by atoms with van der Waals surface area (Å²) >= 11 is 0. The summed E-state index contributed by atoms with van der Waals surface area (Å²) in [6.07, 6.45) is 7.97. The van der Waals surface area contributed by atoms with E-state index in [1.54, 1.807) is 6.92 Å². The molecule has 31 heavy (non-hydrogen) atoms. The van der Waals surface area contributed by atoms with E-state index in [-0.39, 0.29) is 17.9 Å². The number of fused-ring (bicyclic) bond motifs is 1. The summed E-state index contributed by atoms with van der Waals surface area (Å²) in [5.41, 5.74) is 4.01. The standard InChI is InChI=1S/C28H35NO2/c1-21(30)22-10-5-6-12-24(16-9-15-22)27(31)20-29-19-18-23-11-7-8-17-26(23)28(29)25-13-3-2-4-14-25/h2-4,7-8,11,13-14,17,22,24,28H,5-6,9-10,12,15-16,18-20H2,1H3. The summed E-state index contributed by atoms with van der Waals surface area (Å²) < 4.78 is 0. The van der Waals surface area contributed by atoms with E-state index in [0.717, 1.165) is 57.9 Å². The van der Waals surface area contributed by atoms with E-state index in [2.05, 4.69) is 59.5 Å². The Labute approximate surface area is 186 Å². The Hall–Kier alpha value is -2.26. The van der Waals surface area contributed by atoms with Gasteiger partial charge in [-0.05, 0) is 55.7 Å². The molecule has 1 heterocycles. The maximum atomic E-state index is 13.4. The van der Waals surface area contributed by atoms with E-state index in [9.17, 15) is 9.59 Å². The number of Topliss-reactive ketones (excluding diaryl/α,β-unsaturated/α-hetero) is 2. The minimum Gasteiger partial charge on any atom is -0.300 e. The van der Waals surface area contributed by atoms with Crippen molar-refractivity contribution in [3.05, 3.63) is 71.3 Å². The molecule has 164 valence electrons. The van der Waals surface area contributed by atoms with Crippen LogP contribution in [0.25, 0.3) is 0 Å². The Morgan fingerprint density at radius 1 is 0.839 bits per heavy atom. The van der Waals surface area contributed by atoms with Crippen LogP contribution < -0.4 is 0 Å². The fraction of sp³-hybridized carbons (Fsp3) is 0.500. The lowest BCUT2D eigenvalue weighted by Gasteiger charge is -2.38. The van der Waals surface area contributed by atoms with Crippen molar-refractivity contribution in [1.82, 2.24) is 4.90 Å². The van der Waals surface area contributed by atoms with Crippen molar-refractivity contribution in [2.45, 2.75) is 64.3 Å². The Morgan fingerprint density at radius 2 is 1.48 bits per heavy atom. The lowest BCUT2D eigenvalue weighted by atomic mass is 9.86. The van der Waals surface area contributed by atoms with Gasteiger partial charge in [0.05, 0.1) is 12.6 Å². The highest BCUT2D eigenvalue weighted by Crippen LogP contribution is 2.35. The number of hydrogen-bond acceptors (Lipinski definition) is 3. The number of carbonyl (C=O) groups excluding carboxylic acids is 2. The molecule has 3 unspecified atom stereocenters. The fourth-order valence-corrected chi connectivity index (χ4v) is 5.55. The fourth-order valence-electron chi connectivity index (χ4n) is 5.55. The van der Waals surface area contributed by atoms with Crippen LogP contribution in [0.3, 0.4) is 0 Å². The first-order chi connectivity index (χ1) is 15.1. The van der Waals surface area contributed by atoms with E-state index in [1.807, 2.05) is 0 Å². The molecule has 4 rings (SSSR count). The number of carbonyl (C=O) groups is 2. The van der Waals surface area contributed by atoms with Crippen LogP contribution in [0.1, 0.15) is 74.6 Å². The van der Waals surface area contributed by atoms with Gasteiger partial charge in [-0.3, -0.25) is 14.5 Å². The minimum atomic E-state index is 0.138. The molecule has 0 radical (unpaired) electrons. The van der Waals surface area contributed by atoms with Crippen molar-refractivity contribution in [3.63, 3.8) is 0 Å². The first kappa shape index (κ1) is 22.0. The van der Waals surface area contributed by atoms with Crippen LogP contribution in [-0.2, 0) is 16.0 Å². The topological polar surface area (TPSA) is 37.4 Å². The molecule has 1 aliphatic carbocycles. The second-order valence-corrected chi connectivity index (χ2v) is 9.42. The van der Waals surface area contributed by atoms with E-state index >= 15 is 0 Å². The molecule has 0 bridgehead atoms. The molecule has 3 nitrogen and oxygen atoms in total. The number of nitrogens with zero attached hydrogens (tertiary/aromatic N) is 1. The van der Waals surface area contributed by atoms with Crippen LogP contribution in [0.15, 0.2) is 54.6 Å². The second-order valence-electron chi connectivity index (χ2n) is 9.42. The van der Waals surface area contributed by atoms with Gasteiger partial charge in [-0.25, -0.2) is 0 Å². The van der Waals surface area contributed by atoms with Crippen LogP contribution in [-0.4, -0.2) is 29.6 Å². The summed E-state index contributed by atoms with van der Waals surface area (Å²) in [7, 11) is 0. The third kappa shape index (κ3) is 5.33. The summed E-state index contributed by atoms with van der Waals surface area (Å²) in [5.74, 6) is 1.05. The van der Waals surface area contributed by atoms with Crippen molar-refractivity contribution in [3.8, 4) is 0 Å². The van der Waals surface area contributed by atoms with E-state index < -0.39 is 0 Å². The van der Waals surface area contributed by atoms with Gasteiger partial charge in [0.25, 0.3) is 0 Å². The van der Waals surface area contributed by atoms with Crippen molar-refractivity contribution >= 4 is 11.6 Å². The van der Waals surface area contributed by atoms with Gasteiger partial charge in [0.1, 0.15) is 11.6 Å². The molecular formula is C28H35NO2. The maximum Gasteiger partial charge on any atom is 0.149 e. The van der Waals surface area contributed by atoms with Crippen LogP contribution >= 0.6 is 0 Å². The molecule has 3 heteroatoms. The highest BCUT2D eigenvalue weighted by atomic mass is 16.1. The molecule has 0 spiro atoms. The zero-order valence-corrected chi connectivity index (χ0v) is 18.8. The number of benzene rings is 2. The van der Waals surface area contributed by atoms with Gasteiger partial charge < -0.3 is 0 Å². The average molecular weight is 418 g/mol. The largest absolute Gasteiger partial charge is 0.300 e. The van der Waals surface area contributed by atoms with Gasteiger partial charge in [0, 0.05) is 18.4 Å². The molecule has 1 fully saturated rings. The van der Waals surface area contributed by atoms with Gasteiger partial charge in [-0.2, -0.15) is 0 Å². The summed E-state index contributed by atoms with van der Waals surface area (Å²) in [6.45, 7) is 3.17. The lowest BCUT2D eigenvalue weighted by molar-refractivity contribution is -0.125. The Kier molecular flexibility index (Phi) is 7.34. The highest BCUT2D eigenvalue weighted by Gasteiger charge is 2.31. The second kappa shape index (κ2) is 10.4. The van der Waals surface area contributed by atoms with E-state index in [4.69, 9.17) is 0 Å². The molecular weight excluding hydrogens is 382 g/mol. The molecule has 0 amide bonds. The van der Waals surface area contributed by atoms with Gasteiger partial charge in [0.2, 0.25) is 0 Å². The van der Waals surface area contributed by atoms with Crippen molar-refractivity contribution < 1.29 is 9.59 Å². The van der Waals surface area contributed by atoms with Gasteiger partial charge in [-0.1, -0.05) is 73.9 Å². The van der Waals surface area contributed by atoms with Crippen molar-refractivity contribution in [2.24, 2.45) is 11.8 Å². The Bertz CT molecular complexity index is 891. The number of hydrogen-bond donors (Lipinski definition) is 0. The first-order valence-corrected chi connectivity index (χ1v) is 12.0. The summed E-state index contributed by atoms with van der Waals surface area (Å²) in [5, 5.41) is 0. The Morgan fingerprint density at radius 3 is 2.26 bits per heavy atom. The zero-order valence-electron chi connectivity index (χ0n) is 18.8. The zero-order chi connectivity index (χ0) is 21.6. The molecule has 3 atom stereocenters. The summed E-state index contributed by atoms with van der Waals surface area (Å²) in [4.78, 5) is 27.7. The van der Waals surface area contributed by atoms with Crippen LogP contribution in [0.2, 0.25) is 0 Å². The molecule has 0 aromatic heterocycles. The monoisotopic (exact) mass is 417 g/mol. The van der Waals surface area contributed by atoms with E-state index in [1.165, 1.54) is 16.7 Å². The van der Waals surface area contributed by atoms with Crippen LogP contribution in [0.4, 0.5) is 0 Å². The molecule has 2 aromatic rings. The molecule has 2 aromatic carbocycles. The molecule has 2 aliphatic rings. The molecule has 0 saturated heterocycles. The van der Waals surface area contributed by atoms with Gasteiger partial charge >= 0.3 is 0 Å². The van der Waals surface area contributed by atoms with Gasteiger partial charge in [-0.15, -0.1) is 0 Å². The lowest BCUT2D eigenvalue weighted by Crippen LogP contribution is -2.41. The van der Waals surface area contributed by atoms with Gasteiger partial charge in [0.15, 0.2) is 0 Å². The van der Waals surface area contributed by atoms with E-state index in [0.29, 0.717) is 18.1 Å². The predicted molar refractivity (Wildman–Crippen MR) is 125 cm³/mol. The quantitative estimate of drug-likeness (QED) is 0.620. The van der Waals surface area contributed by atoms with Crippen LogP contribution in [0.5, 0.6) is 0 Å². The van der Waals surface area contributed by atoms with Crippen molar-refractivity contribution in [2.75, 3.05) is 13.1 Å². The molecule has 0 N–H and O–H groups in total. The third-order valence-electron chi connectivity index (χ3n) is 7.35. The Balaban J connectivity index is 1.49. The highest BCUT2D eigenvalue weighted by molar-refractivity contribution is 5.83. The summed E-state index contributed by atoms with van der Waals surface area (Å²) in [6, 6.07) is 19.5. The first-order valence-electron chi connectivity index (χ1n) is 12.0. The molecule has 1 aliphatic heterocycles. The number of ketones is 2. The predicted octanol–water partition coefficient (Wildman–Crippen LogP) is 5.77. The maximum absolute atomic E-state index is 13.4. The number of rotatable bonds is 5. The van der Waals surface area contributed by atoms with Crippen LogP contribution in [0, 0.1) is 11.8 Å².